The summed E-state index contributed by atoms with van der Waals surface area (Å²) in [4.78, 5) is 6.09. The van der Waals surface area contributed by atoms with E-state index in [4.69, 9.17) is 9.72 Å². The fourth-order valence-electron chi connectivity index (χ4n) is 3.12. The van der Waals surface area contributed by atoms with Gasteiger partial charge in [-0.05, 0) is 31.2 Å². The molecule has 0 saturated carbocycles. The number of methoxy groups -OCH3 is 1. The Morgan fingerprint density at radius 3 is 2.67 bits per heavy atom. The van der Waals surface area contributed by atoms with Gasteiger partial charge in [0.25, 0.3) is 0 Å². The lowest BCUT2D eigenvalue weighted by molar-refractivity contribution is 0.393. The quantitative estimate of drug-likeness (QED) is 0.667. The Morgan fingerprint density at radius 1 is 1.15 bits per heavy atom. The maximum Gasteiger partial charge on any atom is 0.243 e. The minimum absolute atomic E-state index is 0.342. The molecule has 0 N–H and O–H groups in total. The molecule has 0 saturated heterocycles. The van der Waals surface area contributed by atoms with Crippen molar-refractivity contribution >= 4 is 21.4 Å². The summed E-state index contributed by atoms with van der Waals surface area (Å²) in [6, 6.07) is 14.8. The summed E-state index contributed by atoms with van der Waals surface area (Å²) in [7, 11) is -1.86. The third kappa shape index (κ3) is 3.50. The molecule has 0 aliphatic carbocycles. The summed E-state index contributed by atoms with van der Waals surface area (Å²) >= 11 is 1.55. The molecule has 7 heteroatoms. The molecule has 1 aliphatic heterocycles. The lowest BCUT2D eigenvalue weighted by Gasteiger charge is -2.25. The molecular formula is C20H20N2O3S2. The van der Waals surface area contributed by atoms with Crippen molar-refractivity contribution < 1.29 is 13.2 Å². The second-order valence-corrected chi connectivity index (χ2v) is 9.54. The van der Waals surface area contributed by atoms with Crippen molar-refractivity contribution in [3.8, 4) is 16.3 Å². The standard InChI is InChI=1S/C20H20N2O3S2/c1-14-6-8-17(9-7-14)27(23,24)22-11-10-18-19(13-22)26-20(21-18)15-4-3-5-16(12-15)25-2/h3-9,12H,10-11,13H2,1-2H3. The van der Waals surface area contributed by atoms with Gasteiger partial charge in [0.1, 0.15) is 10.8 Å². The first kappa shape index (κ1) is 18.2. The average molecular weight is 401 g/mol. The van der Waals surface area contributed by atoms with Crippen LogP contribution >= 0.6 is 11.3 Å². The molecule has 4 rings (SSSR count). The van der Waals surface area contributed by atoms with E-state index in [0.29, 0.717) is 24.4 Å². The van der Waals surface area contributed by atoms with E-state index in [1.807, 2.05) is 43.3 Å². The lowest BCUT2D eigenvalue weighted by atomic mass is 10.2. The average Bonchev–Trinajstić information content (AvgIpc) is 3.12. The molecule has 1 aliphatic rings. The Kier molecular flexibility index (Phi) is 4.75. The number of hydrogen-bond acceptors (Lipinski definition) is 5. The molecule has 0 atom stereocenters. The van der Waals surface area contributed by atoms with Gasteiger partial charge in [-0.2, -0.15) is 4.31 Å². The minimum Gasteiger partial charge on any atom is -0.497 e. The van der Waals surface area contributed by atoms with Crippen LogP contribution in [0, 0.1) is 6.92 Å². The van der Waals surface area contributed by atoms with Crippen LogP contribution in [0.1, 0.15) is 16.1 Å². The summed E-state index contributed by atoms with van der Waals surface area (Å²) < 4.78 is 32.8. The van der Waals surface area contributed by atoms with E-state index < -0.39 is 10.0 Å². The van der Waals surface area contributed by atoms with E-state index in [1.54, 1.807) is 34.9 Å². The van der Waals surface area contributed by atoms with Crippen molar-refractivity contribution in [1.82, 2.24) is 9.29 Å². The Morgan fingerprint density at radius 2 is 1.93 bits per heavy atom. The van der Waals surface area contributed by atoms with Crippen LogP contribution < -0.4 is 4.74 Å². The van der Waals surface area contributed by atoms with Crippen molar-refractivity contribution in [1.29, 1.82) is 0 Å². The highest BCUT2D eigenvalue weighted by molar-refractivity contribution is 7.89. The zero-order valence-corrected chi connectivity index (χ0v) is 16.8. The number of sulfonamides is 1. The molecule has 1 aromatic heterocycles. The topological polar surface area (TPSA) is 59.5 Å². The van der Waals surface area contributed by atoms with Crippen LogP contribution in [0.4, 0.5) is 0 Å². The number of thiazole rings is 1. The van der Waals surface area contributed by atoms with Crippen molar-refractivity contribution in [3.63, 3.8) is 0 Å². The van der Waals surface area contributed by atoms with Crippen molar-refractivity contribution in [2.24, 2.45) is 0 Å². The first-order chi connectivity index (χ1) is 13.0. The Balaban J connectivity index is 1.62. The molecule has 0 unspecified atom stereocenters. The first-order valence-electron chi connectivity index (χ1n) is 8.67. The summed E-state index contributed by atoms with van der Waals surface area (Å²) in [5, 5.41) is 0.897. The van der Waals surface area contributed by atoms with E-state index in [-0.39, 0.29) is 0 Å². The highest BCUT2D eigenvalue weighted by Gasteiger charge is 2.30. The van der Waals surface area contributed by atoms with Crippen LogP contribution in [0.3, 0.4) is 0 Å². The van der Waals surface area contributed by atoms with E-state index in [1.165, 1.54) is 0 Å². The molecule has 27 heavy (non-hydrogen) atoms. The van der Waals surface area contributed by atoms with Crippen molar-refractivity contribution in [2.45, 2.75) is 24.8 Å². The zero-order valence-electron chi connectivity index (χ0n) is 15.2. The fourth-order valence-corrected chi connectivity index (χ4v) is 5.73. The van der Waals surface area contributed by atoms with Gasteiger partial charge >= 0.3 is 0 Å². The van der Waals surface area contributed by atoms with Crippen LogP contribution in [0.15, 0.2) is 53.4 Å². The third-order valence-corrected chi connectivity index (χ3v) is 7.66. The minimum atomic E-state index is -3.50. The summed E-state index contributed by atoms with van der Waals surface area (Å²) in [6.45, 7) is 2.76. The molecule has 2 aromatic carbocycles. The van der Waals surface area contributed by atoms with Gasteiger partial charge in [0, 0.05) is 23.4 Å². The highest BCUT2D eigenvalue weighted by atomic mass is 32.2. The predicted molar refractivity (Wildman–Crippen MR) is 107 cm³/mol. The first-order valence-corrected chi connectivity index (χ1v) is 10.9. The number of rotatable bonds is 4. The molecule has 0 spiro atoms. The molecule has 2 heterocycles. The van der Waals surface area contributed by atoms with Gasteiger partial charge in [0.05, 0.1) is 24.2 Å². The summed E-state index contributed by atoms with van der Waals surface area (Å²) in [5.41, 5.74) is 3.02. The number of aromatic nitrogens is 1. The monoisotopic (exact) mass is 400 g/mol. The normalized spacial score (nSPS) is 14.7. The number of hydrogen-bond donors (Lipinski definition) is 0. The van der Waals surface area contributed by atoms with E-state index in [2.05, 4.69) is 0 Å². The lowest BCUT2D eigenvalue weighted by Crippen LogP contribution is -2.35. The number of ether oxygens (including phenoxy) is 1. The summed E-state index contributed by atoms with van der Waals surface area (Å²) in [5.74, 6) is 0.782. The largest absolute Gasteiger partial charge is 0.497 e. The van der Waals surface area contributed by atoms with Crippen LogP contribution in [0.5, 0.6) is 5.75 Å². The Hall–Kier alpha value is -2.22. The number of nitrogens with zero attached hydrogens (tertiary/aromatic N) is 2. The van der Waals surface area contributed by atoms with E-state index in [0.717, 1.165) is 32.5 Å². The second kappa shape index (κ2) is 7.07. The second-order valence-electron chi connectivity index (χ2n) is 6.52. The number of fused-ring (bicyclic) bond motifs is 1. The Bertz CT molecular complexity index is 1070. The maximum absolute atomic E-state index is 13.0. The molecule has 5 nitrogen and oxygen atoms in total. The number of benzene rings is 2. The summed E-state index contributed by atoms with van der Waals surface area (Å²) in [6.07, 6.45) is 0.626. The van der Waals surface area contributed by atoms with Gasteiger partial charge < -0.3 is 4.74 Å². The van der Waals surface area contributed by atoms with Gasteiger partial charge in [0.2, 0.25) is 10.0 Å². The van der Waals surface area contributed by atoms with Gasteiger partial charge in [-0.25, -0.2) is 13.4 Å². The highest BCUT2D eigenvalue weighted by Crippen LogP contribution is 2.34. The molecule has 0 fully saturated rings. The third-order valence-electron chi connectivity index (χ3n) is 4.67. The van der Waals surface area contributed by atoms with E-state index in [9.17, 15) is 8.42 Å². The smallest absolute Gasteiger partial charge is 0.243 e. The number of aryl methyl sites for hydroxylation is 1. The molecule has 0 bridgehead atoms. The van der Waals surface area contributed by atoms with Crippen molar-refractivity contribution in [2.75, 3.05) is 13.7 Å². The van der Waals surface area contributed by atoms with Crippen LogP contribution in [0.2, 0.25) is 0 Å². The van der Waals surface area contributed by atoms with Crippen LogP contribution in [-0.2, 0) is 23.0 Å². The molecule has 140 valence electrons. The SMILES string of the molecule is COc1cccc(-c2nc3c(s2)CN(S(=O)(=O)c2ccc(C)cc2)CC3)c1. The molecular weight excluding hydrogens is 380 g/mol. The fraction of sp³-hybridized carbons (Fsp3) is 0.250. The van der Waals surface area contributed by atoms with Gasteiger partial charge in [-0.1, -0.05) is 29.8 Å². The van der Waals surface area contributed by atoms with Gasteiger partial charge in [0.15, 0.2) is 0 Å². The van der Waals surface area contributed by atoms with Gasteiger partial charge in [-0.15, -0.1) is 11.3 Å². The van der Waals surface area contributed by atoms with Gasteiger partial charge in [-0.3, -0.25) is 0 Å². The predicted octanol–water partition coefficient (Wildman–Crippen LogP) is 3.87. The molecule has 3 aromatic rings. The molecule has 0 amide bonds. The van der Waals surface area contributed by atoms with Crippen LogP contribution in [-0.4, -0.2) is 31.4 Å². The molecule has 0 radical (unpaired) electrons. The van der Waals surface area contributed by atoms with Crippen LogP contribution in [0.25, 0.3) is 10.6 Å². The van der Waals surface area contributed by atoms with E-state index >= 15 is 0 Å². The zero-order chi connectivity index (χ0) is 19.0. The van der Waals surface area contributed by atoms with Crippen molar-refractivity contribution in [3.05, 3.63) is 64.7 Å². The Labute approximate surface area is 163 Å². The maximum atomic E-state index is 13.0.